The average Bonchev–Trinajstić information content (AvgIpc) is 2.85. The molecule has 1 aromatic carbocycles. The maximum Gasteiger partial charge on any atom is 0.254 e. The smallest absolute Gasteiger partial charge is 0.254 e. The molecule has 0 aromatic heterocycles. The molecule has 0 radical (unpaired) electrons. The summed E-state index contributed by atoms with van der Waals surface area (Å²) >= 11 is 5.65. The minimum Gasteiger partial charge on any atom is -0.352 e. The Morgan fingerprint density at radius 1 is 1.38 bits per heavy atom. The van der Waals surface area contributed by atoms with Gasteiger partial charge in [0.05, 0.1) is 18.8 Å². The van der Waals surface area contributed by atoms with Gasteiger partial charge in [0.1, 0.15) is 5.82 Å². The molecule has 0 spiro atoms. The fraction of sp³-hybridized carbons (Fsp3) is 0.533. The van der Waals surface area contributed by atoms with Gasteiger partial charge >= 0.3 is 0 Å². The molecule has 0 atom stereocenters. The second kappa shape index (κ2) is 7.20. The maximum atomic E-state index is 13.6. The first-order chi connectivity index (χ1) is 10.0. The van der Waals surface area contributed by atoms with E-state index in [0.717, 1.165) is 25.3 Å². The first-order valence-corrected chi connectivity index (χ1v) is 7.39. The van der Waals surface area contributed by atoms with E-state index >= 15 is 0 Å². The molecule has 6 heteroatoms. The summed E-state index contributed by atoms with van der Waals surface area (Å²) in [6, 6.07) is 4.01. The molecular weight excluding hydrogens is 297 g/mol. The predicted octanol–water partition coefficient (Wildman–Crippen LogP) is 3.14. The van der Waals surface area contributed by atoms with Crippen LogP contribution in [0, 0.1) is 5.82 Å². The molecule has 116 valence electrons. The van der Waals surface area contributed by atoms with Crippen molar-refractivity contribution in [2.75, 3.05) is 19.8 Å². The summed E-state index contributed by atoms with van der Waals surface area (Å²) in [6.45, 7) is 3.66. The number of carbonyl (C=O) groups excluding carboxylic acids is 1. The van der Waals surface area contributed by atoms with Gasteiger partial charge in [-0.15, -0.1) is 0 Å². The molecular formula is C15H19ClFNO3. The van der Waals surface area contributed by atoms with Crippen molar-refractivity contribution < 1.29 is 18.7 Å². The number of ether oxygens (including phenoxy) is 2. The van der Waals surface area contributed by atoms with Crippen LogP contribution in [0.15, 0.2) is 18.2 Å². The zero-order valence-electron chi connectivity index (χ0n) is 12.0. The van der Waals surface area contributed by atoms with Crippen molar-refractivity contribution in [2.45, 2.75) is 32.0 Å². The molecule has 0 bridgehead atoms. The lowest BCUT2D eigenvalue weighted by atomic mass is 10.1. The van der Waals surface area contributed by atoms with E-state index in [1.807, 2.05) is 6.92 Å². The van der Waals surface area contributed by atoms with Gasteiger partial charge < -0.3 is 14.8 Å². The topological polar surface area (TPSA) is 47.6 Å². The Balaban J connectivity index is 1.69. The zero-order valence-corrected chi connectivity index (χ0v) is 12.7. The van der Waals surface area contributed by atoms with Gasteiger partial charge in [-0.2, -0.15) is 0 Å². The quantitative estimate of drug-likeness (QED) is 0.820. The van der Waals surface area contributed by atoms with Gasteiger partial charge in [-0.05, 0) is 38.0 Å². The molecule has 1 aliphatic rings. The number of hydrogen-bond acceptors (Lipinski definition) is 3. The standard InChI is InChI=1S/C15H19ClFNO3/c1-15(20-8-9-21-15)6-2-3-7-18-14(19)12-5-4-11(16)10-13(12)17/h4-5,10H,2-3,6-9H2,1H3,(H,18,19). The number of benzene rings is 1. The van der Waals surface area contributed by atoms with Crippen molar-refractivity contribution >= 4 is 17.5 Å². The minimum absolute atomic E-state index is 0.00817. The summed E-state index contributed by atoms with van der Waals surface area (Å²) in [6.07, 6.45) is 2.42. The van der Waals surface area contributed by atoms with E-state index < -0.39 is 17.5 Å². The van der Waals surface area contributed by atoms with Crippen LogP contribution in [0.3, 0.4) is 0 Å². The highest BCUT2D eigenvalue weighted by Crippen LogP contribution is 2.24. The number of halogens is 2. The van der Waals surface area contributed by atoms with Crippen LogP contribution in [0.25, 0.3) is 0 Å². The molecule has 0 saturated carbocycles. The molecule has 1 saturated heterocycles. The minimum atomic E-state index is -0.611. The van der Waals surface area contributed by atoms with E-state index in [-0.39, 0.29) is 10.6 Å². The summed E-state index contributed by atoms with van der Waals surface area (Å²) in [4.78, 5) is 11.8. The summed E-state index contributed by atoms with van der Waals surface area (Å²) in [5, 5.41) is 2.97. The van der Waals surface area contributed by atoms with Crippen LogP contribution in [0.4, 0.5) is 4.39 Å². The van der Waals surface area contributed by atoms with Crippen molar-refractivity contribution in [2.24, 2.45) is 0 Å². The van der Waals surface area contributed by atoms with Crippen LogP contribution in [-0.2, 0) is 9.47 Å². The van der Waals surface area contributed by atoms with Crippen LogP contribution >= 0.6 is 11.6 Å². The summed E-state index contributed by atoms with van der Waals surface area (Å²) in [5.41, 5.74) is 0.00817. The maximum absolute atomic E-state index is 13.6. The monoisotopic (exact) mass is 315 g/mol. The van der Waals surface area contributed by atoms with Crippen LogP contribution in [0.5, 0.6) is 0 Å². The van der Waals surface area contributed by atoms with E-state index in [0.29, 0.717) is 19.8 Å². The van der Waals surface area contributed by atoms with Crippen LogP contribution in [0.1, 0.15) is 36.5 Å². The fourth-order valence-corrected chi connectivity index (χ4v) is 2.40. The van der Waals surface area contributed by atoms with Crippen molar-refractivity contribution in [3.8, 4) is 0 Å². The van der Waals surface area contributed by atoms with Crippen LogP contribution < -0.4 is 5.32 Å². The van der Waals surface area contributed by atoms with Crippen molar-refractivity contribution in [1.82, 2.24) is 5.32 Å². The molecule has 1 amide bonds. The number of hydrogen-bond donors (Lipinski definition) is 1. The highest BCUT2D eigenvalue weighted by molar-refractivity contribution is 6.30. The fourth-order valence-electron chi connectivity index (χ4n) is 2.24. The largest absolute Gasteiger partial charge is 0.352 e. The SMILES string of the molecule is CC1(CCCCNC(=O)c2ccc(Cl)cc2F)OCCO1. The highest BCUT2D eigenvalue weighted by Gasteiger charge is 2.29. The first kappa shape index (κ1) is 16.2. The lowest BCUT2D eigenvalue weighted by Gasteiger charge is -2.21. The number of carbonyl (C=O) groups is 1. The third-order valence-corrected chi connectivity index (χ3v) is 3.65. The van der Waals surface area contributed by atoms with Gasteiger partial charge in [0.15, 0.2) is 5.79 Å². The van der Waals surface area contributed by atoms with E-state index in [4.69, 9.17) is 21.1 Å². The number of rotatable bonds is 6. The van der Waals surface area contributed by atoms with Crippen LogP contribution in [0.2, 0.25) is 5.02 Å². The van der Waals surface area contributed by atoms with Crippen LogP contribution in [-0.4, -0.2) is 31.5 Å². The Morgan fingerprint density at radius 3 is 2.76 bits per heavy atom. The molecule has 1 aliphatic heterocycles. The molecule has 0 aliphatic carbocycles. The average molecular weight is 316 g/mol. The lowest BCUT2D eigenvalue weighted by molar-refractivity contribution is -0.147. The molecule has 2 rings (SSSR count). The molecule has 1 aromatic rings. The van der Waals surface area contributed by atoms with Crippen molar-refractivity contribution in [3.05, 3.63) is 34.6 Å². The highest BCUT2D eigenvalue weighted by atomic mass is 35.5. The summed E-state index contributed by atoms with van der Waals surface area (Å²) in [7, 11) is 0. The van der Waals surface area contributed by atoms with Gasteiger partial charge in [0.2, 0.25) is 0 Å². The second-order valence-electron chi connectivity index (χ2n) is 5.17. The molecule has 1 heterocycles. The normalized spacial score (nSPS) is 16.9. The number of unbranched alkanes of at least 4 members (excludes halogenated alkanes) is 1. The van der Waals surface area contributed by atoms with Gasteiger partial charge in [-0.25, -0.2) is 4.39 Å². The van der Waals surface area contributed by atoms with Crippen molar-refractivity contribution in [3.63, 3.8) is 0 Å². The van der Waals surface area contributed by atoms with Gasteiger partial charge in [0.25, 0.3) is 5.91 Å². The lowest BCUT2D eigenvalue weighted by Crippen LogP contribution is -2.27. The molecule has 1 N–H and O–H groups in total. The number of nitrogens with one attached hydrogen (secondary N) is 1. The number of amides is 1. The Kier molecular flexibility index (Phi) is 5.56. The third-order valence-electron chi connectivity index (χ3n) is 3.42. The Bertz CT molecular complexity index is 504. The second-order valence-corrected chi connectivity index (χ2v) is 5.60. The molecule has 1 fully saturated rings. The first-order valence-electron chi connectivity index (χ1n) is 7.01. The zero-order chi connectivity index (χ0) is 15.3. The van der Waals surface area contributed by atoms with E-state index in [1.165, 1.54) is 12.1 Å². The van der Waals surface area contributed by atoms with Gasteiger partial charge in [-0.3, -0.25) is 4.79 Å². The van der Waals surface area contributed by atoms with E-state index in [1.54, 1.807) is 0 Å². The Hall–Kier alpha value is -1.17. The van der Waals surface area contributed by atoms with Gasteiger partial charge in [0, 0.05) is 18.0 Å². The Labute approximate surface area is 128 Å². The molecule has 0 unspecified atom stereocenters. The van der Waals surface area contributed by atoms with Crippen molar-refractivity contribution in [1.29, 1.82) is 0 Å². The summed E-state index contributed by atoms with van der Waals surface area (Å²) < 4.78 is 24.5. The Morgan fingerprint density at radius 2 is 2.10 bits per heavy atom. The predicted molar refractivity (Wildman–Crippen MR) is 77.9 cm³/mol. The third kappa shape index (κ3) is 4.66. The van der Waals surface area contributed by atoms with E-state index in [2.05, 4.69) is 5.32 Å². The summed E-state index contributed by atoms with van der Waals surface area (Å²) in [5.74, 6) is -1.53. The van der Waals surface area contributed by atoms with E-state index in [9.17, 15) is 9.18 Å². The molecule has 4 nitrogen and oxygen atoms in total. The van der Waals surface area contributed by atoms with Gasteiger partial charge in [-0.1, -0.05) is 11.6 Å². The molecule has 21 heavy (non-hydrogen) atoms.